The largest absolute Gasteiger partial charge is 0.480 e. The van der Waals surface area contributed by atoms with Gasteiger partial charge in [-0.1, -0.05) is 12.7 Å². The number of carbonyl (C=O) groups is 2. The van der Waals surface area contributed by atoms with Crippen molar-refractivity contribution in [2.45, 2.75) is 6.04 Å². The number of rotatable bonds is 8. The van der Waals surface area contributed by atoms with Crippen LogP contribution in [0, 0.1) is 0 Å². The third kappa shape index (κ3) is 8.13. The standard InChI is InChI=1S/C9H16N2O4S/c1-2-4-15-9(14)11-3-5-16-6-7(10)8(12)13/h2,7H,1,3-6,10H2,(H,11,14)(H,12,13)/t7-/m0/s1. The Balaban J connectivity index is 3.36. The summed E-state index contributed by atoms with van der Waals surface area (Å²) >= 11 is 1.36. The van der Waals surface area contributed by atoms with Crippen molar-refractivity contribution < 1.29 is 19.4 Å². The first-order valence-corrected chi connectivity index (χ1v) is 5.81. The van der Waals surface area contributed by atoms with E-state index >= 15 is 0 Å². The van der Waals surface area contributed by atoms with Crippen molar-refractivity contribution in [1.82, 2.24) is 5.32 Å². The van der Waals surface area contributed by atoms with E-state index in [9.17, 15) is 9.59 Å². The molecular weight excluding hydrogens is 232 g/mol. The van der Waals surface area contributed by atoms with Crippen molar-refractivity contribution >= 4 is 23.8 Å². The molecule has 0 unspecified atom stereocenters. The van der Waals surface area contributed by atoms with Crippen LogP contribution in [0.3, 0.4) is 0 Å². The van der Waals surface area contributed by atoms with Crippen LogP contribution >= 0.6 is 11.8 Å². The maximum absolute atomic E-state index is 10.9. The Hall–Kier alpha value is -1.21. The number of amides is 1. The maximum atomic E-state index is 10.9. The lowest BCUT2D eigenvalue weighted by molar-refractivity contribution is -0.137. The summed E-state index contributed by atoms with van der Waals surface area (Å²) in [4.78, 5) is 21.3. The van der Waals surface area contributed by atoms with Gasteiger partial charge in [-0.05, 0) is 0 Å². The van der Waals surface area contributed by atoms with E-state index in [1.54, 1.807) is 0 Å². The molecule has 0 aliphatic heterocycles. The lowest BCUT2D eigenvalue weighted by Gasteiger charge is -2.07. The van der Waals surface area contributed by atoms with Crippen LogP contribution in [0.1, 0.15) is 0 Å². The molecule has 0 bridgehead atoms. The number of ether oxygens (including phenoxy) is 1. The molecule has 0 aromatic heterocycles. The number of nitrogens with one attached hydrogen (secondary N) is 1. The SMILES string of the molecule is C=CCOC(=O)NCCSC[C@H](N)C(=O)O. The molecule has 0 saturated heterocycles. The molecule has 0 saturated carbocycles. The van der Waals surface area contributed by atoms with E-state index in [1.165, 1.54) is 17.8 Å². The van der Waals surface area contributed by atoms with E-state index in [0.29, 0.717) is 18.1 Å². The van der Waals surface area contributed by atoms with E-state index in [-0.39, 0.29) is 6.61 Å². The highest BCUT2D eigenvalue weighted by molar-refractivity contribution is 7.99. The Morgan fingerprint density at radius 1 is 1.62 bits per heavy atom. The molecule has 0 spiro atoms. The van der Waals surface area contributed by atoms with Gasteiger partial charge in [0, 0.05) is 18.1 Å². The number of thioether (sulfide) groups is 1. The van der Waals surface area contributed by atoms with Gasteiger partial charge in [-0.15, -0.1) is 0 Å². The number of carbonyl (C=O) groups excluding carboxylic acids is 1. The van der Waals surface area contributed by atoms with Crippen LogP contribution in [-0.2, 0) is 9.53 Å². The summed E-state index contributed by atoms with van der Waals surface area (Å²) in [5.41, 5.74) is 5.28. The van der Waals surface area contributed by atoms with Crippen molar-refractivity contribution in [1.29, 1.82) is 0 Å². The van der Waals surface area contributed by atoms with Crippen LogP contribution in [0.4, 0.5) is 4.79 Å². The molecule has 4 N–H and O–H groups in total. The highest BCUT2D eigenvalue weighted by Crippen LogP contribution is 2.00. The van der Waals surface area contributed by atoms with Crippen LogP contribution in [0.15, 0.2) is 12.7 Å². The Morgan fingerprint density at radius 2 is 2.31 bits per heavy atom. The minimum Gasteiger partial charge on any atom is -0.480 e. The van der Waals surface area contributed by atoms with E-state index in [2.05, 4.69) is 16.6 Å². The molecule has 0 radical (unpaired) electrons. The highest BCUT2D eigenvalue weighted by Gasteiger charge is 2.10. The fourth-order valence-electron chi connectivity index (χ4n) is 0.692. The monoisotopic (exact) mass is 248 g/mol. The maximum Gasteiger partial charge on any atom is 0.407 e. The third-order valence-electron chi connectivity index (χ3n) is 1.46. The summed E-state index contributed by atoms with van der Waals surface area (Å²) in [7, 11) is 0. The third-order valence-corrected chi connectivity index (χ3v) is 2.55. The minimum atomic E-state index is -1.02. The zero-order chi connectivity index (χ0) is 12.4. The second-order valence-electron chi connectivity index (χ2n) is 2.83. The van der Waals surface area contributed by atoms with Gasteiger partial charge in [0.1, 0.15) is 12.6 Å². The summed E-state index contributed by atoms with van der Waals surface area (Å²) in [6.45, 7) is 3.98. The first-order valence-electron chi connectivity index (χ1n) is 4.65. The predicted octanol–water partition coefficient (Wildman–Crippen LogP) is 0.0437. The summed E-state index contributed by atoms with van der Waals surface area (Å²) < 4.78 is 4.66. The van der Waals surface area contributed by atoms with Gasteiger partial charge < -0.3 is 20.9 Å². The lowest BCUT2D eigenvalue weighted by Crippen LogP contribution is -2.33. The fourth-order valence-corrected chi connectivity index (χ4v) is 1.50. The van der Waals surface area contributed by atoms with Crippen LogP contribution < -0.4 is 11.1 Å². The zero-order valence-corrected chi connectivity index (χ0v) is 9.66. The highest BCUT2D eigenvalue weighted by atomic mass is 32.2. The molecular formula is C9H16N2O4S. The van der Waals surface area contributed by atoms with Crippen LogP contribution in [0.25, 0.3) is 0 Å². The molecule has 6 nitrogen and oxygen atoms in total. The van der Waals surface area contributed by atoms with Gasteiger partial charge >= 0.3 is 12.1 Å². The number of alkyl carbamates (subject to hydrolysis) is 1. The number of carboxylic acids is 1. The average molecular weight is 248 g/mol. The smallest absolute Gasteiger partial charge is 0.407 e. The molecule has 1 amide bonds. The van der Waals surface area contributed by atoms with E-state index in [1.807, 2.05) is 0 Å². The number of hydrogen-bond donors (Lipinski definition) is 3. The zero-order valence-electron chi connectivity index (χ0n) is 8.85. The molecule has 92 valence electrons. The van der Waals surface area contributed by atoms with Crippen molar-refractivity contribution in [3.05, 3.63) is 12.7 Å². The average Bonchev–Trinajstić information content (AvgIpc) is 2.25. The van der Waals surface area contributed by atoms with Crippen molar-refractivity contribution in [3.8, 4) is 0 Å². The van der Waals surface area contributed by atoms with Gasteiger partial charge in [0.15, 0.2) is 0 Å². The second-order valence-corrected chi connectivity index (χ2v) is 3.98. The molecule has 1 atom stereocenters. The Bertz CT molecular complexity index is 248. The van der Waals surface area contributed by atoms with Crippen molar-refractivity contribution in [2.75, 3.05) is 24.7 Å². The molecule has 0 fully saturated rings. The second kappa shape index (κ2) is 9.05. The number of carboxylic acid groups (broad SMARTS) is 1. The molecule has 0 aliphatic carbocycles. The quantitative estimate of drug-likeness (QED) is 0.414. The normalized spacial score (nSPS) is 11.6. The molecule has 0 aromatic rings. The van der Waals surface area contributed by atoms with E-state index in [0.717, 1.165) is 0 Å². The van der Waals surface area contributed by atoms with Crippen molar-refractivity contribution in [2.24, 2.45) is 5.73 Å². The van der Waals surface area contributed by atoms with Crippen LogP contribution in [0.5, 0.6) is 0 Å². The lowest BCUT2D eigenvalue weighted by atomic mass is 10.4. The van der Waals surface area contributed by atoms with Gasteiger partial charge in [0.05, 0.1) is 0 Å². The number of nitrogens with two attached hydrogens (primary N) is 1. The van der Waals surface area contributed by atoms with Gasteiger partial charge in [-0.25, -0.2) is 4.79 Å². The van der Waals surface area contributed by atoms with Gasteiger partial charge in [-0.3, -0.25) is 4.79 Å². The minimum absolute atomic E-state index is 0.170. The first-order chi connectivity index (χ1) is 7.57. The van der Waals surface area contributed by atoms with E-state index in [4.69, 9.17) is 10.8 Å². The van der Waals surface area contributed by atoms with Gasteiger partial charge in [-0.2, -0.15) is 11.8 Å². The van der Waals surface area contributed by atoms with Crippen LogP contribution in [0.2, 0.25) is 0 Å². The molecule has 7 heteroatoms. The Kier molecular flexibility index (Phi) is 8.36. The number of aliphatic carboxylic acids is 1. The summed E-state index contributed by atoms with van der Waals surface area (Å²) in [5.74, 6) is -0.117. The summed E-state index contributed by atoms with van der Waals surface area (Å²) in [6, 6.07) is -0.863. The summed E-state index contributed by atoms with van der Waals surface area (Å²) in [5, 5.41) is 11.0. The Labute approximate surface area is 98.2 Å². The summed E-state index contributed by atoms with van der Waals surface area (Å²) in [6.07, 6.45) is 0.961. The molecule has 0 rings (SSSR count). The first kappa shape index (κ1) is 14.8. The van der Waals surface area contributed by atoms with Crippen molar-refractivity contribution in [3.63, 3.8) is 0 Å². The van der Waals surface area contributed by atoms with Gasteiger partial charge in [0.2, 0.25) is 0 Å². The van der Waals surface area contributed by atoms with E-state index < -0.39 is 18.1 Å². The molecule has 0 aromatic carbocycles. The molecule has 0 heterocycles. The predicted molar refractivity (Wildman–Crippen MR) is 62.5 cm³/mol. The number of hydrogen-bond acceptors (Lipinski definition) is 5. The fraction of sp³-hybridized carbons (Fsp3) is 0.556. The molecule has 0 aliphatic rings. The van der Waals surface area contributed by atoms with Crippen LogP contribution in [-0.4, -0.2) is 47.9 Å². The van der Waals surface area contributed by atoms with Gasteiger partial charge in [0.25, 0.3) is 0 Å². The molecule has 16 heavy (non-hydrogen) atoms. The topological polar surface area (TPSA) is 102 Å². The Morgan fingerprint density at radius 3 is 2.88 bits per heavy atom.